The summed E-state index contributed by atoms with van der Waals surface area (Å²) in [5, 5.41) is 9.68. The fourth-order valence-corrected chi connectivity index (χ4v) is 2.96. The lowest BCUT2D eigenvalue weighted by Crippen LogP contribution is -2.61. The molecule has 2 rings (SSSR count). The van der Waals surface area contributed by atoms with Crippen LogP contribution in [-0.2, 0) is 23.9 Å². The molecule has 0 aromatic carbocycles. The van der Waals surface area contributed by atoms with Crippen molar-refractivity contribution in [2.75, 3.05) is 13.7 Å². The Morgan fingerprint density at radius 3 is 2.77 bits per heavy atom. The number of ether oxygens (including phenoxy) is 2. The Morgan fingerprint density at radius 1 is 1.55 bits per heavy atom. The number of hydrogen-bond acceptors (Lipinski definition) is 6. The van der Waals surface area contributed by atoms with Crippen LogP contribution in [-0.4, -0.2) is 53.7 Å². The first-order chi connectivity index (χ1) is 10.4. The number of rotatable bonds is 6. The van der Waals surface area contributed by atoms with Crippen molar-refractivity contribution in [1.29, 1.82) is 0 Å². The molecular weight excluding hydrogens is 290 g/mol. The molecule has 1 fully saturated rings. The van der Waals surface area contributed by atoms with Crippen LogP contribution in [0.2, 0.25) is 0 Å². The van der Waals surface area contributed by atoms with Crippen molar-refractivity contribution >= 4 is 17.8 Å². The molecule has 0 spiro atoms. The van der Waals surface area contributed by atoms with Gasteiger partial charge in [-0.25, -0.2) is 4.79 Å². The summed E-state index contributed by atoms with van der Waals surface area (Å²) >= 11 is 0. The summed E-state index contributed by atoms with van der Waals surface area (Å²) in [5.74, 6) is -2.05. The molecule has 2 aliphatic rings. The Bertz CT molecular complexity index is 550. The molecule has 120 valence electrons. The first kappa shape index (κ1) is 16.2. The van der Waals surface area contributed by atoms with Gasteiger partial charge in [0.1, 0.15) is 12.3 Å². The van der Waals surface area contributed by atoms with E-state index in [0.717, 1.165) is 0 Å². The molecule has 22 heavy (non-hydrogen) atoms. The van der Waals surface area contributed by atoms with E-state index in [-0.39, 0.29) is 30.7 Å². The number of aliphatic hydroxyl groups excluding tert-OH is 1. The van der Waals surface area contributed by atoms with Gasteiger partial charge in [-0.3, -0.25) is 9.59 Å². The van der Waals surface area contributed by atoms with Gasteiger partial charge >= 0.3 is 11.9 Å². The highest BCUT2D eigenvalue weighted by molar-refractivity contribution is 6.01. The van der Waals surface area contributed by atoms with Crippen molar-refractivity contribution < 1.29 is 29.0 Å². The second-order valence-corrected chi connectivity index (χ2v) is 5.34. The van der Waals surface area contributed by atoms with Gasteiger partial charge in [-0.15, -0.1) is 0 Å². The number of carbonyl (C=O) groups excluding carboxylic acids is 3. The summed E-state index contributed by atoms with van der Waals surface area (Å²) in [6, 6.07) is -0.307. The molecule has 7 nitrogen and oxygen atoms in total. The van der Waals surface area contributed by atoms with Gasteiger partial charge in [0.25, 0.3) is 0 Å². The van der Waals surface area contributed by atoms with E-state index in [2.05, 4.69) is 11.3 Å². The van der Waals surface area contributed by atoms with E-state index in [4.69, 9.17) is 4.74 Å². The zero-order valence-corrected chi connectivity index (χ0v) is 12.6. The molecule has 1 amide bonds. The fraction of sp³-hybridized carbons (Fsp3) is 0.533. The predicted octanol–water partition coefficient (Wildman–Crippen LogP) is 0.144. The third-order valence-electron chi connectivity index (χ3n) is 3.93. The zero-order valence-electron chi connectivity index (χ0n) is 12.6. The van der Waals surface area contributed by atoms with Crippen LogP contribution in [0.1, 0.15) is 19.8 Å². The standard InChI is InChI=1S/C15H19NO6/c1-4-5-22-15(20)13-9(7-11(18)21-3)6-10-12(8(2)17)14(19)16(10)13/h4,8,10,12,17H,1,5-7H2,2-3H3/t8-,10-,12-/m1/s1. The summed E-state index contributed by atoms with van der Waals surface area (Å²) in [5.41, 5.74) is 0.599. The molecular formula is C15H19NO6. The monoisotopic (exact) mass is 309 g/mol. The maximum absolute atomic E-state index is 12.2. The predicted molar refractivity (Wildman–Crippen MR) is 75.2 cm³/mol. The van der Waals surface area contributed by atoms with Gasteiger partial charge in [0.15, 0.2) is 0 Å². The van der Waals surface area contributed by atoms with Crippen LogP contribution in [0, 0.1) is 5.92 Å². The van der Waals surface area contributed by atoms with Crippen LogP contribution in [0.15, 0.2) is 23.9 Å². The van der Waals surface area contributed by atoms with Gasteiger partial charge in [-0.2, -0.15) is 0 Å². The molecule has 2 aliphatic heterocycles. The Morgan fingerprint density at radius 2 is 2.23 bits per heavy atom. The number of hydrogen-bond donors (Lipinski definition) is 1. The van der Waals surface area contributed by atoms with Gasteiger partial charge in [0.2, 0.25) is 5.91 Å². The number of nitrogens with zero attached hydrogens (tertiary/aromatic N) is 1. The number of esters is 2. The zero-order chi connectivity index (χ0) is 16.4. The van der Waals surface area contributed by atoms with Crippen LogP contribution in [0.5, 0.6) is 0 Å². The van der Waals surface area contributed by atoms with E-state index < -0.39 is 24.0 Å². The average molecular weight is 309 g/mol. The molecule has 0 aromatic rings. The minimum atomic E-state index is -0.809. The minimum absolute atomic E-state index is 0.0143. The highest BCUT2D eigenvalue weighted by Gasteiger charge is 2.56. The van der Waals surface area contributed by atoms with Crippen molar-refractivity contribution in [1.82, 2.24) is 4.90 Å². The van der Waals surface area contributed by atoms with Crippen molar-refractivity contribution in [3.8, 4) is 0 Å². The Kier molecular flexibility index (Phi) is 4.65. The first-order valence-corrected chi connectivity index (χ1v) is 7.00. The molecule has 3 atom stereocenters. The minimum Gasteiger partial charge on any atom is -0.469 e. The Labute approximate surface area is 128 Å². The van der Waals surface area contributed by atoms with Gasteiger partial charge in [0, 0.05) is 0 Å². The third-order valence-corrected chi connectivity index (χ3v) is 3.93. The molecule has 0 radical (unpaired) electrons. The van der Waals surface area contributed by atoms with Crippen molar-refractivity contribution in [3.63, 3.8) is 0 Å². The van der Waals surface area contributed by atoms with Gasteiger partial charge < -0.3 is 19.5 Å². The number of amides is 1. The number of fused-ring (bicyclic) bond motifs is 1. The highest BCUT2D eigenvalue weighted by atomic mass is 16.5. The van der Waals surface area contributed by atoms with Gasteiger partial charge in [-0.05, 0) is 18.9 Å². The second kappa shape index (κ2) is 6.31. The lowest BCUT2D eigenvalue weighted by molar-refractivity contribution is -0.162. The smallest absolute Gasteiger partial charge is 0.355 e. The van der Waals surface area contributed by atoms with Crippen LogP contribution in [0.4, 0.5) is 0 Å². The molecule has 0 aliphatic carbocycles. The summed E-state index contributed by atoms with van der Waals surface area (Å²) in [4.78, 5) is 37.1. The van der Waals surface area contributed by atoms with E-state index in [1.165, 1.54) is 25.0 Å². The van der Waals surface area contributed by atoms with Crippen molar-refractivity contribution in [3.05, 3.63) is 23.9 Å². The lowest BCUT2D eigenvalue weighted by atomic mass is 9.83. The topological polar surface area (TPSA) is 93.1 Å². The van der Waals surface area contributed by atoms with E-state index in [1.54, 1.807) is 0 Å². The van der Waals surface area contributed by atoms with Crippen LogP contribution in [0.25, 0.3) is 0 Å². The third kappa shape index (κ3) is 2.64. The fourth-order valence-electron chi connectivity index (χ4n) is 2.96. The number of methoxy groups -OCH3 is 1. The lowest BCUT2D eigenvalue weighted by Gasteiger charge is -2.44. The molecule has 0 bridgehead atoms. The summed E-state index contributed by atoms with van der Waals surface area (Å²) in [7, 11) is 1.26. The van der Waals surface area contributed by atoms with Crippen LogP contribution < -0.4 is 0 Å². The second-order valence-electron chi connectivity index (χ2n) is 5.34. The number of aliphatic hydroxyl groups is 1. The summed E-state index contributed by atoms with van der Waals surface area (Å²) < 4.78 is 9.61. The maximum Gasteiger partial charge on any atom is 0.355 e. The Balaban J connectivity index is 2.26. The highest BCUT2D eigenvalue weighted by Crippen LogP contribution is 2.44. The van der Waals surface area contributed by atoms with E-state index in [1.807, 2.05) is 0 Å². The normalized spacial score (nSPS) is 24.5. The molecule has 1 saturated heterocycles. The molecule has 1 N–H and O–H groups in total. The van der Waals surface area contributed by atoms with E-state index in [0.29, 0.717) is 12.0 Å². The molecule has 0 saturated carbocycles. The molecule has 0 aromatic heterocycles. The number of β-lactam (4-membered cyclic amide) rings is 1. The van der Waals surface area contributed by atoms with Gasteiger partial charge in [-0.1, -0.05) is 12.7 Å². The van der Waals surface area contributed by atoms with Crippen LogP contribution >= 0.6 is 0 Å². The SMILES string of the molecule is C=CCOC(=O)C1=C(CC(=O)OC)C[C@@H]2[C@@H]([C@@H](C)O)C(=O)N12. The number of carbonyl (C=O) groups is 3. The largest absolute Gasteiger partial charge is 0.469 e. The molecule has 0 unspecified atom stereocenters. The Hall–Kier alpha value is -2.15. The van der Waals surface area contributed by atoms with Gasteiger partial charge in [0.05, 0.1) is 31.6 Å². The molecule has 7 heteroatoms. The van der Waals surface area contributed by atoms with Crippen molar-refractivity contribution in [2.45, 2.75) is 31.9 Å². The van der Waals surface area contributed by atoms with Crippen LogP contribution in [0.3, 0.4) is 0 Å². The quantitative estimate of drug-likeness (QED) is 0.426. The summed E-state index contributed by atoms with van der Waals surface area (Å²) in [6.45, 7) is 5.01. The summed E-state index contributed by atoms with van der Waals surface area (Å²) in [6.07, 6.45) is 0.884. The van der Waals surface area contributed by atoms with Crippen molar-refractivity contribution in [2.24, 2.45) is 5.92 Å². The van der Waals surface area contributed by atoms with E-state index >= 15 is 0 Å². The average Bonchev–Trinajstić information content (AvgIpc) is 2.78. The molecule has 2 heterocycles. The maximum atomic E-state index is 12.2. The first-order valence-electron chi connectivity index (χ1n) is 7.00. The van der Waals surface area contributed by atoms with E-state index in [9.17, 15) is 19.5 Å².